The Morgan fingerprint density at radius 2 is 2.13 bits per heavy atom. The van der Waals surface area contributed by atoms with Crippen LogP contribution in [0.2, 0.25) is 0 Å². The molecule has 0 aliphatic carbocycles. The molecule has 0 aromatic carbocycles. The first-order valence-corrected chi connectivity index (χ1v) is 4.37. The molecule has 7 heteroatoms. The number of hydrogen-bond donors (Lipinski definition) is 1. The van der Waals surface area contributed by atoms with Crippen LogP contribution in [-0.2, 0) is 5.88 Å². The van der Waals surface area contributed by atoms with Gasteiger partial charge in [-0.1, -0.05) is 0 Å². The lowest BCUT2D eigenvalue weighted by molar-refractivity contribution is -0.276. The highest BCUT2D eigenvalue weighted by Crippen LogP contribution is 2.34. The maximum absolute atomic E-state index is 11.9. The molecule has 1 aromatic rings. The first-order valence-electron chi connectivity index (χ1n) is 3.84. The van der Waals surface area contributed by atoms with Gasteiger partial charge >= 0.3 is 6.36 Å². The van der Waals surface area contributed by atoms with Crippen LogP contribution in [0.1, 0.15) is 11.1 Å². The second kappa shape index (κ2) is 4.14. The normalized spacial score (nSPS) is 11.5. The second-order valence-electron chi connectivity index (χ2n) is 2.75. The smallest absolute Gasteiger partial charge is 0.503 e. The standard InChI is InChI=1S/C8H7ClF3NO2/c1-4-3-13-7(15-8(10,11)12)6(14)5(4)2-9/h3,14H,2H2,1H3. The fourth-order valence-electron chi connectivity index (χ4n) is 0.963. The molecule has 0 spiro atoms. The van der Waals surface area contributed by atoms with Crippen LogP contribution in [0.5, 0.6) is 11.6 Å². The van der Waals surface area contributed by atoms with Gasteiger partial charge in [-0.05, 0) is 12.5 Å². The van der Waals surface area contributed by atoms with E-state index in [1.54, 1.807) is 6.92 Å². The van der Waals surface area contributed by atoms with Crippen molar-refractivity contribution in [2.24, 2.45) is 0 Å². The van der Waals surface area contributed by atoms with E-state index in [1.165, 1.54) is 0 Å². The summed E-state index contributed by atoms with van der Waals surface area (Å²) in [6.45, 7) is 1.57. The lowest BCUT2D eigenvalue weighted by Crippen LogP contribution is -2.18. The van der Waals surface area contributed by atoms with Crippen molar-refractivity contribution in [3.63, 3.8) is 0 Å². The molecule has 0 unspecified atom stereocenters. The minimum Gasteiger partial charge on any atom is -0.503 e. The molecule has 15 heavy (non-hydrogen) atoms. The highest BCUT2D eigenvalue weighted by molar-refractivity contribution is 6.17. The largest absolute Gasteiger partial charge is 0.574 e. The van der Waals surface area contributed by atoms with Crippen molar-refractivity contribution in [3.8, 4) is 11.6 Å². The van der Waals surface area contributed by atoms with E-state index in [0.717, 1.165) is 6.20 Å². The van der Waals surface area contributed by atoms with E-state index in [4.69, 9.17) is 11.6 Å². The van der Waals surface area contributed by atoms with Crippen LogP contribution in [0.25, 0.3) is 0 Å². The fraction of sp³-hybridized carbons (Fsp3) is 0.375. The van der Waals surface area contributed by atoms with Crippen LogP contribution in [0.15, 0.2) is 6.20 Å². The molecule has 1 N–H and O–H groups in total. The van der Waals surface area contributed by atoms with Gasteiger partial charge in [0.2, 0.25) is 0 Å². The summed E-state index contributed by atoms with van der Waals surface area (Å²) in [6.07, 6.45) is -3.73. The van der Waals surface area contributed by atoms with E-state index in [-0.39, 0.29) is 11.4 Å². The van der Waals surface area contributed by atoms with E-state index in [0.29, 0.717) is 5.56 Å². The summed E-state index contributed by atoms with van der Waals surface area (Å²) in [6, 6.07) is 0. The van der Waals surface area contributed by atoms with Gasteiger partial charge in [-0.15, -0.1) is 24.8 Å². The number of nitrogens with zero attached hydrogens (tertiary/aromatic N) is 1. The molecule has 1 heterocycles. The first-order chi connectivity index (χ1) is 6.85. The SMILES string of the molecule is Cc1cnc(OC(F)(F)F)c(O)c1CCl. The Labute approximate surface area is 88.5 Å². The van der Waals surface area contributed by atoms with Crippen LogP contribution in [0.3, 0.4) is 0 Å². The summed E-state index contributed by atoms with van der Waals surface area (Å²) in [5, 5.41) is 9.36. The lowest BCUT2D eigenvalue weighted by atomic mass is 10.2. The molecule has 0 aliphatic rings. The number of aryl methyl sites for hydroxylation is 1. The van der Waals surface area contributed by atoms with Crippen LogP contribution in [-0.4, -0.2) is 16.5 Å². The molecule has 0 fully saturated rings. The molecule has 1 rings (SSSR count). The molecule has 0 atom stereocenters. The first kappa shape index (κ1) is 11.9. The van der Waals surface area contributed by atoms with Crippen LogP contribution in [0, 0.1) is 6.92 Å². The molecule has 0 amide bonds. The quantitative estimate of drug-likeness (QED) is 0.810. The topological polar surface area (TPSA) is 42.4 Å². The molecule has 0 saturated carbocycles. The molecule has 3 nitrogen and oxygen atoms in total. The summed E-state index contributed by atoms with van der Waals surface area (Å²) in [5.74, 6) is -1.68. The number of aromatic nitrogens is 1. The zero-order valence-electron chi connectivity index (χ0n) is 7.60. The van der Waals surface area contributed by atoms with E-state index < -0.39 is 18.0 Å². The van der Waals surface area contributed by atoms with Gasteiger partial charge in [0.1, 0.15) is 0 Å². The van der Waals surface area contributed by atoms with Gasteiger partial charge < -0.3 is 9.84 Å². The number of halogens is 4. The van der Waals surface area contributed by atoms with Crippen molar-refractivity contribution >= 4 is 11.6 Å². The lowest BCUT2D eigenvalue weighted by Gasteiger charge is -2.12. The number of ether oxygens (including phenoxy) is 1. The highest BCUT2D eigenvalue weighted by Gasteiger charge is 2.33. The molecule has 0 radical (unpaired) electrons. The summed E-state index contributed by atoms with van der Waals surface area (Å²) in [5.41, 5.74) is 0.669. The zero-order chi connectivity index (χ0) is 11.6. The predicted octanol–water partition coefficient (Wildman–Crippen LogP) is 2.73. The Morgan fingerprint density at radius 3 is 2.60 bits per heavy atom. The van der Waals surface area contributed by atoms with Crippen molar-refractivity contribution < 1.29 is 23.0 Å². The molecular formula is C8H7ClF3NO2. The van der Waals surface area contributed by atoms with E-state index in [1.807, 2.05) is 0 Å². The van der Waals surface area contributed by atoms with Crippen molar-refractivity contribution in [2.75, 3.05) is 0 Å². The van der Waals surface area contributed by atoms with Crippen molar-refractivity contribution in [1.29, 1.82) is 0 Å². The average Bonchev–Trinajstić information content (AvgIpc) is 2.09. The summed E-state index contributed by atoms with van der Waals surface area (Å²) in [7, 11) is 0. The minimum absolute atomic E-state index is 0.117. The Balaban J connectivity index is 3.11. The Morgan fingerprint density at radius 1 is 1.53 bits per heavy atom. The van der Waals surface area contributed by atoms with Crippen molar-refractivity contribution in [3.05, 3.63) is 17.3 Å². The number of rotatable bonds is 2. The monoisotopic (exact) mass is 241 g/mol. The van der Waals surface area contributed by atoms with E-state index in [2.05, 4.69) is 9.72 Å². The Hall–Kier alpha value is -1.17. The van der Waals surface area contributed by atoms with Crippen LogP contribution >= 0.6 is 11.6 Å². The average molecular weight is 242 g/mol. The van der Waals surface area contributed by atoms with Crippen molar-refractivity contribution in [1.82, 2.24) is 4.98 Å². The molecule has 0 aliphatic heterocycles. The van der Waals surface area contributed by atoms with Gasteiger partial charge in [0, 0.05) is 11.8 Å². The molecular weight excluding hydrogens is 235 g/mol. The molecule has 0 bridgehead atoms. The third-order valence-electron chi connectivity index (χ3n) is 1.69. The second-order valence-corrected chi connectivity index (χ2v) is 3.02. The van der Waals surface area contributed by atoms with E-state index in [9.17, 15) is 18.3 Å². The molecule has 84 valence electrons. The van der Waals surface area contributed by atoms with Crippen molar-refractivity contribution in [2.45, 2.75) is 19.2 Å². The highest BCUT2D eigenvalue weighted by atomic mass is 35.5. The number of hydrogen-bond acceptors (Lipinski definition) is 3. The van der Waals surface area contributed by atoms with Gasteiger partial charge in [0.25, 0.3) is 5.88 Å². The molecule has 0 saturated heterocycles. The summed E-state index contributed by atoms with van der Waals surface area (Å²) >= 11 is 5.46. The third kappa shape index (κ3) is 2.89. The maximum atomic E-state index is 11.9. The predicted molar refractivity (Wildman–Crippen MR) is 46.9 cm³/mol. The number of pyridine rings is 1. The van der Waals surface area contributed by atoms with Crippen LogP contribution < -0.4 is 4.74 Å². The van der Waals surface area contributed by atoms with Gasteiger partial charge in [0.15, 0.2) is 5.75 Å². The van der Waals surface area contributed by atoms with Gasteiger partial charge in [-0.2, -0.15) is 0 Å². The zero-order valence-corrected chi connectivity index (χ0v) is 8.35. The number of aromatic hydroxyl groups is 1. The minimum atomic E-state index is -4.89. The third-order valence-corrected chi connectivity index (χ3v) is 1.95. The van der Waals surface area contributed by atoms with Crippen LogP contribution in [0.4, 0.5) is 13.2 Å². The van der Waals surface area contributed by atoms with E-state index >= 15 is 0 Å². The number of alkyl halides is 4. The summed E-state index contributed by atoms with van der Waals surface area (Å²) < 4.78 is 39.1. The molecule has 1 aromatic heterocycles. The Kier molecular flexibility index (Phi) is 3.28. The maximum Gasteiger partial charge on any atom is 0.574 e. The summed E-state index contributed by atoms with van der Waals surface area (Å²) in [4.78, 5) is 3.32. The Bertz CT molecular complexity index is 368. The van der Waals surface area contributed by atoms with Gasteiger partial charge in [-0.25, -0.2) is 4.98 Å². The van der Waals surface area contributed by atoms with Gasteiger partial charge in [-0.3, -0.25) is 0 Å². The fourth-order valence-corrected chi connectivity index (χ4v) is 1.30. The van der Waals surface area contributed by atoms with Gasteiger partial charge in [0.05, 0.1) is 5.88 Å².